The highest BCUT2D eigenvalue weighted by Gasteiger charge is 2.35. The van der Waals surface area contributed by atoms with E-state index in [1.807, 2.05) is 0 Å². The number of nitrogens with two attached hydrogens (primary N) is 2. The molecular weight excluding hydrogens is 288 g/mol. The van der Waals surface area contributed by atoms with E-state index in [2.05, 4.69) is 17.6 Å². The lowest BCUT2D eigenvalue weighted by atomic mass is 9.67. The number of carbonyl (C=O) groups is 2. The summed E-state index contributed by atoms with van der Waals surface area (Å²) in [7, 11) is 1.53. The van der Waals surface area contributed by atoms with Gasteiger partial charge in [0.05, 0.1) is 11.3 Å². The molecule has 1 aromatic rings. The topological polar surface area (TPSA) is 110 Å². The monoisotopic (exact) mass is 310 g/mol. The molecule has 0 bridgehead atoms. The standard InChI is InChI=1S/C14H22N4O2S/c1-3-14(5-4-6-14)7-18-13-8(12(20)17-2)9(15)10(21-13)11(16)19/h18H,3-7,15H2,1-2H3,(H2,16,19)(H,17,20). The van der Waals surface area contributed by atoms with E-state index in [0.29, 0.717) is 16.0 Å². The molecule has 6 N–H and O–H groups in total. The highest BCUT2D eigenvalue weighted by atomic mass is 32.1. The van der Waals surface area contributed by atoms with Crippen molar-refractivity contribution in [3.8, 4) is 0 Å². The van der Waals surface area contributed by atoms with E-state index in [0.717, 1.165) is 24.3 Å². The third kappa shape index (κ3) is 2.83. The van der Waals surface area contributed by atoms with Crippen LogP contribution in [-0.2, 0) is 0 Å². The van der Waals surface area contributed by atoms with Crippen LogP contribution in [0.4, 0.5) is 10.7 Å². The van der Waals surface area contributed by atoms with Crippen LogP contribution >= 0.6 is 11.3 Å². The predicted octanol–water partition coefficient (Wildman–Crippen LogP) is 1.78. The van der Waals surface area contributed by atoms with Gasteiger partial charge in [-0.2, -0.15) is 0 Å². The van der Waals surface area contributed by atoms with Crippen molar-refractivity contribution < 1.29 is 9.59 Å². The maximum atomic E-state index is 12.0. The maximum Gasteiger partial charge on any atom is 0.260 e. The lowest BCUT2D eigenvalue weighted by Gasteiger charge is -2.41. The van der Waals surface area contributed by atoms with Gasteiger partial charge < -0.3 is 22.1 Å². The molecule has 2 rings (SSSR count). The quantitative estimate of drug-likeness (QED) is 0.642. The molecule has 0 saturated heterocycles. The molecule has 7 heteroatoms. The Bertz CT molecular complexity index is 558. The fourth-order valence-electron chi connectivity index (χ4n) is 2.70. The number of carbonyl (C=O) groups excluding carboxylic acids is 2. The molecule has 0 radical (unpaired) electrons. The molecule has 21 heavy (non-hydrogen) atoms. The van der Waals surface area contributed by atoms with Crippen molar-refractivity contribution in [2.45, 2.75) is 32.6 Å². The van der Waals surface area contributed by atoms with Gasteiger partial charge >= 0.3 is 0 Å². The normalized spacial score (nSPS) is 16.1. The summed E-state index contributed by atoms with van der Waals surface area (Å²) in [6.07, 6.45) is 4.72. The predicted molar refractivity (Wildman–Crippen MR) is 85.7 cm³/mol. The van der Waals surface area contributed by atoms with Crippen molar-refractivity contribution in [1.29, 1.82) is 0 Å². The summed E-state index contributed by atoms with van der Waals surface area (Å²) in [5.74, 6) is -0.914. The van der Waals surface area contributed by atoms with E-state index in [-0.39, 0.29) is 16.5 Å². The number of anilines is 2. The number of primary amides is 1. The Morgan fingerprint density at radius 1 is 1.38 bits per heavy atom. The number of thiophene rings is 1. The minimum atomic E-state index is -0.607. The Balaban J connectivity index is 2.27. The summed E-state index contributed by atoms with van der Waals surface area (Å²) in [6.45, 7) is 2.96. The van der Waals surface area contributed by atoms with E-state index in [4.69, 9.17) is 11.5 Å². The van der Waals surface area contributed by atoms with Crippen LogP contribution in [0.2, 0.25) is 0 Å². The van der Waals surface area contributed by atoms with Crippen LogP contribution in [0.25, 0.3) is 0 Å². The van der Waals surface area contributed by atoms with Crippen molar-refractivity contribution in [2.75, 3.05) is 24.6 Å². The third-order valence-corrected chi connectivity index (χ3v) is 5.59. The van der Waals surface area contributed by atoms with Crippen molar-refractivity contribution in [1.82, 2.24) is 5.32 Å². The summed E-state index contributed by atoms with van der Waals surface area (Å²) in [6, 6.07) is 0. The molecule has 1 aromatic heterocycles. The molecule has 1 fully saturated rings. The van der Waals surface area contributed by atoms with Gasteiger partial charge in [-0.1, -0.05) is 13.3 Å². The average molecular weight is 310 g/mol. The Hall–Kier alpha value is -1.76. The molecule has 0 atom stereocenters. The summed E-state index contributed by atoms with van der Waals surface area (Å²) in [4.78, 5) is 23.6. The molecule has 0 aliphatic heterocycles. The molecule has 1 saturated carbocycles. The Morgan fingerprint density at radius 3 is 2.48 bits per heavy atom. The van der Waals surface area contributed by atoms with Gasteiger partial charge in [0.15, 0.2) is 0 Å². The van der Waals surface area contributed by atoms with Crippen LogP contribution in [0.15, 0.2) is 0 Å². The smallest absolute Gasteiger partial charge is 0.260 e. The van der Waals surface area contributed by atoms with Gasteiger partial charge in [0.25, 0.3) is 11.8 Å². The van der Waals surface area contributed by atoms with E-state index in [1.54, 1.807) is 0 Å². The summed E-state index contributed by atoms with van der Waals surface area (Å²) in [5, 5.41) is 6.48. The molecule has 0 aromatic carbocycles. The summed E-state index contributed by atoms with van der Waals surface area (Å²) >= 11 is 1.15. The van der Waals surface area contributed by atoms with Gasteiger partial charge in [0.2, 0.25) is 0 Å². The largest absolute Gasteiger partial charge is 0.397 e. The van der Waals surface area contributed by atoms with Crippen LogP contribution in [-0.4, -0.2) is 25.4 Å². The Morgan fingerprint density at radius 2 is 2.05 bits per heavy atom. The number of rotatable bonds is 6. The summed E-state index contributed by atoms with van der Waals surface area (Å²) < 4.78 is 0. The zero-order valence-corrected chi connectivity index (χ0v) is 13.2. The first-order chi connectivity index (χ1) is 9.94. The van der Waals surface area contributed by atoms with Gasteiger partial charge in [-0.15, -0.1) is 11.3 Å². The molecule has 1 heterocycles. The van der Waals surface area contributed by atoms with E-state index in [1.165, 1.54) is 26.3 Å². The van der Waals surface area contributed by atoms with E-state index < -0.39 is 5.91 Å². The minimum Gasteiger partial charge on any atom is -0.397 e. The van der Waals surface area contributed by atoms with Crippen LogP contribution < -0.4 is 22.1 Å². The molecule has 0 unspecified atom stereocenters. The van der Waals surface area contributed by atoms with Gasteiger partial charge in [-0.25, -0.2) is 0 Å². The van der Waals surface area contributed by atoms with E-state index in [9.17, 15) is 9.59 Å². The zero-order valence-electron chi connectivity index (χ0n) is 12.4. The van der Waals surface area contributed by atoms with Crippen LogP contribution in [0.1, 0.15) is 52.6 Å². The third-order valence-electron chi connectivity index (χ3n) is 4.41. The number of hydrogen-bond donors (Lipinski definition) is 4. The Labute approximate surface area is 128 Å². The zero-order chi connectivity index (χ0) is 15.6. The molecule has 2 amide bonds. The molecular formula is C14H22N4O2S. The fraction of sp³-hybridized carbons (Fsp3) is 0.571. The van der Waals surface area contributed by atoms with Crippen LogP contribution in [0.5, 0.6) is 0 Å². The van der Waals surface area contributed by atoms with Crippen molar-refractivity contribution in [2.24, 2.45) is 11.1 Å². The van der Waals surface area contributed by atoms with E-state index >= 15 is 0 Å². The van der Waals surface area contributed by atoms with Gasteiger partial charge in [0, 0.05) is 13.6 Å². The second kappa shape index (κ2) is 5.93. The van der Waals surface area contributed by atoms with Crippen LogP contribution in [0.3, 0.4) is 0 Å². The van der Waals surface area contributed by atoms with Crippen molar-refractivity contribution in [3.63, 3.8) is 0 Å². The average Bonchev–Trinajstić information content (AvgIpc) is 2.74. The molecule has 1 aliphatic rings. The lowest BCUT2D eigenvalue weighted by Crippen LogP contribution is -2.36. The van der Waals surface area contributed by atoms with Gasteiger partial charge in [0.1, 0.15) is 9.88 Å². The Kier molecular flexibility index (Phi) is 4.41. The maximum absolute atomic E-state index is 12.0. The second-order valence-corrected chi connectivity index (χ2v) is 6.57. The highest BCUT2D eigenvalue weighted by molar-refractivity contribution is 7.19. The number of nitrogens with one attached hydrogen (secondary N) is 2. The molecule has 116 valence electrons. The van der Waals surface area contributed by atoms with Gasteiger partial charge in [-0.3, -0.25) is 9.59 Å². The number of amides is 2. The fourth-order valence-corrected chi connectivity index (χ4v) is 3.67. The molecule has 6 nitrogen and oxygen atoms in total. The van der Waals surface area contributed by atoms with Crippen molar-refractivity contribution in [3.05, 3.63) is 10.4 Å². The summed E-state index contributed by atoms with van der Waals surface area (Å²) in [5.41, 5.74) is 12.0. The first-order valence-electron chi connectivity index (χ1n) is 7.12. The molecule has 1 aliphatic carbocycles. The first kappa shape index (κ1) is 15.6. The number of hydrogen-bond acceptors (Lipinski definition) is 5. The first-order valence-corrected chi connectivity index (χ1v) is 7.94. The van der Waals surface area contributed by atoms with Crippen LogP contribution in [0, 0.1) is 5.41 Å². The second-order valence-electron chi connectivity index (χ2n) is 5.55. The molecule has 0 spiro atoms. The number of nitrogen functional groups attached to an aromatic ring is 1. The van der Waals surface area contributed by atoms with Gasteiger partial charge in [-0.05, 0) is 24.7 Å². The lowest BCUT2D eigenvalue weighted by molar-refractivity contribution is 0.0964. The SMILES string of the molecule is CCC1(CNc2sc(C(N)=O)c(N)c2C(=O)NC)CCC1. The van der Waals surface area contributed by atoms with Crippen molar-refractivity contribution >= 4 is 33.8 Å². The minimum absolute atomic E-state index is 0.161. The highest BCUT2D eigenvalue weighted by Crippen LogP contribution is 2.45.